The molecule has 0 aliphatic carbocycles. The van der Waals surface area contributed by atoms with Gasteiger partial charge in [0.05, 0.1) is 17.6 Å². The average Bonchev–Trinajstić information content (AvgIpc) is 3.08. The molecule has 0 saturated carbocycles. The highest BCUT2D eigenvalue weighted by Crippen LogP contribution is 2.26. The van der Waals surface area contributed by atoms with Crippen LogP contribution in [0.2, 0.25) is 0 Å². The Balaban J connectivity index is 2.17. The third kappa shape index (κ3) is 4.23. The molecule has 1 aliphatic heterocycles. The average molecular weight is 372 g/mol. The van der Waals surface area contributed by atoms with E-state index in [1.165, 1.54) is 13.8 Å². The predicted octanol–water partition coefficient (Wildman–Crippen LogP) is 2.03. The van der Waals surface area contributed by atoms with Crippen molar-refractivity contribution in [2.24, 2.45) is 7.05 Å². The molecule has 1 aromatic rings. The summed E-state index contributed by atoms with van der Waals surface area (Å²) < 4.78 is 30.9. The summed E-state index contributed by atoms with van der Waals surface area (Å²) in [5.74, 6) is -0.212. The molecule has 1 amide bonds. The summed E-state index contributed by atoms with van der Waals surface area (Å²) in [7, 11) is -1.94. The van der Waals surface area contributed by atoms with E-state index >= 15 is 0 Å². The fourth-order valence-corrected chi connectivity index (χ4v) is 4.09. The number of hydrogen-bond donors (Lipinski definition) is 1. The van der Waals surface area contributed by atoms with Gasteiger partial charge in [-0.2, -0.15) is 5.10 Å². The van der Waals surface area contributed by atoms with E-state index in [1.54, 1.807) is 17.8 Å². The number of sulfone groups is 1. The smallest absolute Gasteiger partial charge is 0.246 e. The summed E-state index contributed by atoms with van der Waals surface area (Å²) in [6.07, 6.45) is 1.26. The molecular weight excluding hydrogens is 342 g/mol. The molecule has 1 aliphatic rings. The highest BCUT2D eigenvalue weighted by atomic mass is 32.2. The Labute approximate surface area is 150 Å². The number of aryl methyl sites for hydroxylation is 1. The summed E-state index contributed by atoms with van der Waals surface area (Å²) in [6.45, 7) is 9.53. The fraction of sp³-hybridized carbons (Fsp3) is 0.765. The fourth-order valence-electron chi connectivity index (χ4n) is 2.59. The lowest BCUT2D eigenvalue weighted by Crippen LogP contribution is -2.47. The van der Waals surface area contributed by atoms with Crippen molar-refractivity contribution in [2.45, 2.75) is 63.7 Å². The van der Waals surface area contributed by atoms with Crippen molar-refractivity contribution < 1.29 is 17.9 Å². The molecule has 25 heavy (non-hydrogen) atoms. The summed E-state index contributed by atoms with van der Waals surface area (Å²) in [6, 6.07) is 1.78. The Kier molecular flexibility index (Phi) is 5.35. The molecule has 0 radical (unpaired) electrons. The molecule has 1 N–H and O–H groups in total. The number of carbonyl (C=O) groups excluding carboxylic acids is 1. The van der Waals surface area contributed by atoms with Crippen LogP contribution in [-0.4, -0.2) is 47.3 Å². The van der Waals surface area contributed by atoms with E-state index in [0.717, 1.165) is 12.1 Å². The van der Waals surface area contributed by atoms with Crippen molar-refractivity contribution >= 4 is 21.6 Å². The summed E-state index contributed by atoms with van der Waals surface area (Å²) >= 11 is 0. The molecule has 0 bridgehead atoms. The number of carbonyl (C=O) groups is 1. The maximum Gasteiger partial charge on any atom is 0.246 e. The predicted molar refractivity (Wildman–Crippen MR) is 97.4 cm³/mol. The minimum Gasteiger partial charge on any atom is -0.377 e. The van der Waals surface area contributed by atoms with Crippen LogP contribution in [0.3, 0.4) is 0 Å². The molecule has 8 heteroatoms. The Morgan fingerprint density at radius 1 is 1.36 bits per heavy atom. The largest absolute Gasteiger partial charge is 0.377 e. The van der Waals surface area contributed by atoms with E-state index in [2.05, 4.69) is 10.4 Å². The number of rotatable bonds is 5. The Morgan fingerprint density at radius 2 is 2.00 bits per heavy atom. The van der Waals surface area contributed by atoms with Gasteiger partial charge in [0.15, 0.2) is 9.84 Å². The lowest BCUT2D eigenvalue weighted by atomic mass is 9.92. The number of nitrogens with one attached hydrogen (secondary N) is 1. The molecule has 7 nitrogen and oxygen atoms in total. The van der Waals surface area contributed by atoms with Gasteiger partial charge in [-0.25, -0.2) is 8.42 Å². The zero-order chi connectivity index (χ0) is 19.0. The number of hydrogen-bond acceptors (Lipinski definition) is 5. The molecule has 0 spiro atoms. The summed E-state index contributed by atoms with van der Waals surface area (Å²) in [4.78, 5) is 12.7. The number of nitrogens with zero attached hydrogens (tertiary/aromatic N) is 2. The van der Waals surface area contributed by atoms with Crippen molar-refractivity contribution in [3.05, 3.63) is 11.8 Å². The molecule has 2 rings (SSSR count). The molecule has 0 aromatic carbocycles. The van der Waals surface area contributed by atoms with Gasteiger partial charge in [-0.05, 0) is 26.7 Å². The van der Waals surface area contributed by atoms with E-state index in [1.807, 2.05) is 20.8 Å². The van der Waals surface area contributed by atoms with Gasteiger partial charge in [0.2, 0.25) is 5.91 Å². The van der Waals surface area contributed by atoms with Crippen LogP contribution < -0.4 is 5.32 Å². The quantitative estimate of drug-likeness (QED) is 0.855. The monoisotopic (exact) mass is 371 g/mol. The normalized spacial score (nSPS) is 19.2. The first-order chi connectivity index (χ1) is 11.3. The van der Waals surface area contributed by atoms with Crippen LogP contribution in [0.25, 0.3) is 0 Å². The van der Waals surface area contributed by atoms with E-state index in [4.69, 9.17) is 4.74 Å². The second-order valence-electron chi connectivity index (χ2n) is 8.17. The number of ether oxygens (including phenoxy) is 1. The van der Waals surface area contributed by atoms with Crippen molar-refractivity contribution in [2.75, 3.05) is 17.7 Å². The SMILES string of the molecule is Cn1nc(C(C)(C)C)cc1NC(=O)C(C)(C)S(=O)(=O)CC1CCCO1. The first kappa shape index (κ1) is 19.9. The van der Waals surface area contributed by atoms with Gasteiger partial charge >= 0.3 is 0 Å². The standard InChI is InChI=1S/C17H29N3O4S/c1-16(2,3)13-10-14(20(6)19-13)18-15(21)17(4,5)25(22,23)11-12-8-7-9-24-12/h10,12H,7-9,11H2,1-6H3,(H,18,21). The van der Waals surface area contributed by atoms with E-state index in [-0.39, 0.29) is 17.3 Å². The zero-order valence-corrected chi connectivity index (χ0v) is 16.7. The molecule has 1 unspecified atom stereocenters. The second kappa shape index (κ2) is 6.72. The topological polar surface area (TPSA) is 90.3 Å². The van der Waals surface area contributed by atoms with Crippen LogP contribution in [0.15, 0.2) is 6.07 Å². The van der Waals surface area contributed by atoms with Gasteiger partial charge < -0.3 is 10.1 Å². The van der Waals surface area contributed by atoms with Gasteiger partial charge in [0, 0.05) is 25.1 Å². The van der Waals surface area contributed by atoms with Crippen LogP contribution >= 0.6 is 0 Å². The van der Waals surface area contributed by atoms with Crippen LogP contribution in [0.5, 0.6) is 0 Å². The lowest BCUT2D eigenvalue weighted by molar-refractivity contribution is -0.117. The first-order valence-electron chi connectivity index (χ1n) is 8.54. The molecule has 2 heterocycles. The molecule has 1 fully saturated rings. The maximum absolute atomic E-state index is 12.7. The van der Waals surface area contributed by atoms with Gasteiger partial charge in [-0.1, -0.05) is 20.8 Å². The van der Waals surface area contributed by atoms with Crippen LogP contribution in [0.4, 0.5) is 5.82 Å². The van der Waals surface area contributed by atoms with Crippen LogP contribution in [-0.2, 0) is 31.8 Å². The Bertz CT molecular complexity index is 738. The van der Waals surface area contributed by atoms with Crippen LogP contribution in [0, 0.1) is 0 Å². The molecule has 1 atom stereocenters. The third-order valence-corrected chi connectivity index (χ3v) is 7.19. The minimum atomic E-state index is -3.66. The molecule has 142 valence electrons. The van der Waals surface area contributed by atoms with Gasteiger partial charge in [-0.3, -0.25) is 9.48 Å². The van der Waals surface area contributed by atoms with E-state index < -0.39 is 20.5 Å². The van der Waals surface area contributed by atoms with Crippen molar-refractivity contribution in [3.63, 3.8) is 0 Å². The van der Waals surface area contributed by atoms with Crippen LogP contribution in [0.1, 0.15) is 53.2 Å². The van der Waals surface area contributed by atoms with Crippen molar-refractivity contribution in [1.29, 1.82) is 0 Å². The van der Waals surface area contributed by atoms with E-state index in [0.29, 0.717) is 18.8 Å². The van der Waals surface area contributed by atoms with Gasteiger partial charge in [0.25, 0.3) is 0 Å². The number of aromatic nitrogens is 2. The molecular formula is C17H29N3O4S. The Hall–Kier alpha value is -1.41. The lowest BCUT2D eigenvalue weighted by Gasteiger charge is -2.25. The summed E-state index contributed by atoms with van der Waals surface area (Å²) in [5.41, 5.74) is 0.660. The molecule has 1 aromatic heterocycles. The Morgan fingerprint density at radius 3 is 2.48 bits per heavy atom. The second-order valence-corrected chi connectivity index (χ2v) is 10.8. The zero-order valence-electron chi connectivity index (χ0n) is 15.9. The summed E-state index contributed by atoms with van der Waals surface area (Å²) in [5, 5.41) is 7.11. The minimum absolute atomic E-state index is 0.133. The van der Waals surface area contributed by atoms with Crippen molar-refractivity contribution in [1.82, 2.24) is 9.78 Å². The van der Waals surface area contributed by atoms with Gasteiger partial charge in [-0.15, -0.1) is 0 Å². The highest BCUT2D eigenvalue weighted by molar-refractivity contribution is 7.93. The first-order valence-corrected chi connectivity index (χ1v) is 10.2. The third-order valence-electron chi connectivity index (χ3n) is 4.64. The molecule has 1 saturated heterocycles. The van der Waals surface area contributed by atoms with Crippen molar-refractivity contribution in [3.8, 4) is 0 Å². The van der Waals surface area contributed by atoms with Gasteiger partial charge in [0.1, 0.15) is 10.6 Å². The number of amides is 1. The number of anilines is 1. The maximum atomic E-state index is 12.7. The highest BCUT2D eigenvalue weighted by Gasteiger charge is 2.43. The van der Waals surface area contributed by atoms with E-state index in [9.17, 15) is 13.2 Å².